The third-order valence-electron chi connectivity index (χ3n) is 13.7. The number of amides is 6. The number of nitrogens with one attached hydrogen (secondary N) is 6. The Morgan fingerprint density at radius 2 is 1.41 bits per heavy atom. The summed E-state index contributed by atoms with van der Waals surface area (Å²) in [5.41, 5.74) is 3.37. The van der Waals surface area contributed by atoms with Gasteiger partial charge >= 0.3 is 12.1 Å². The number of carbonyl (C=O) groups is 7. The Hall–Kier alpha value is -7.07. The van der Waals surface area contributed by atoms with Crippen molar-refractivity contribution in [3.8, 4) is 43.4 Å². The zero-order valence-corrected chi connectivity index (χ0v) is 53.0. The fraction of sp³-hybridized carbons (Fsp3) is 0.345. The van der Waals surface area contributed by atoms with E-state index < -0.39 is 78.3 Å². The Morgan fingerprint density at radius 1 is 0.706 bits per heavy atom. The lowest BCUT2D eigenvalue weighted by Gasteiger charge is -2.25. The summed E-state index contributed by atoms with van der Waals surface area (Å²) in [7, 11) is 2.97. The summed E-state index contributed by atoms with van der Waals surface area (Å²) in [4.78, 5) is 129. The molecule has 0 unspecified atom stereocenters. The zero-order valence-electron chi connectivity index (χ0n) is 45.9. The maximum atomic E-state index is 14.3. The number of nitrogens with zero attached hydrogens (tertiary/aromatic N) is 7. The molecule has 10 bridgehead atoms. The van der Waals surface area contributed by atoms with E-state index in [9.17, 15) is 38.7 Å². The number of alkyl halides is 1. The molecule has 1 aliphatic carbocycles. The average molecular weight is 1380 g/mol. The topological polar surface area (TPSA) is 321 Å². The van der Waals surface area contributed by atoms with Crippen LogP contribution < -0.4 is 31.9 Å². The molecule has 8 heterocycles. The van der Waals surface area contributed by atoms with Crippen LogP contribution in [0.1, 0.15) is 130 Å². The maximum absolute atomic E-state index is 14.3. The van der Waals surface area contributed by atoms with Crippen molar-refractivity contribution in [2.45, 2.75) is 87.6 Å². The second-order valence-corrected chi connectivity index (χ2v) is 27.1. The summed E-state index contributed by atoms with van der Waals surface area (Å²) < 4.78 is 10.8. The van der Waals surface area contributed by atoms with Gasteiger partial charge in [-0.3, -0.25) is 34.1 Å². The van der Waals surface area contributed by atoms with Crippen LogP contribution in [0.2, 0.25) is 0 Å². The largest absolute Gasteiger partial charge is 0.481 e. The molecule has 2 aliphatic rings. The van der Waals surface area contributed by atoms with Crippen LogP contribution in [0, 0.1) is 18.8 Å². The van der Waals surface area contributed by atoms with Crippen LogP contribution in [0.4, 0.5) is 10.6 Å². The van der Waals surface area contributed by atoms with Crippen LogP contribution in [0.25, 0.3) is 43.4 Å². The first-order chi connectivity index (χ1) is 40.9. The first-order valence-electron chi connectivity index (χ1n) is 26.5. The van der Waals surface area contributed by atoms with E-state index in [1.54, 1.807) is 29.8 Å². The van der Waals surface area contributed by atoms with Gasteiger partial charge in [0, 0.05) is 46.1 Å². The summed E-state index contributed by atoms with van der Waals surface area (Å²) in [5, 5.41) is 36.2. The second kappa shape index (κ2) is 27.1. The van der Waals surface area contributed by atoms with Gasteiger partial charge < -0.3 is 41.2 Å². The smallest absolute Gasteiger partial charge is 0.413 e. The van der Waals surface area contributed by atoms with Crippen LogP contribution in [-0.2, 0) is 30.5 Å². The molecule has 1 aliphatic heterocycles. The van der Waals surface area contributed by atoms with Crippen molar-refractivity contribution in [2.24, 2.45) is 11.8 Å². The summed E-state index contributed by atoms with van der Waals surface area (Å²) in [5.74, 6) is -3.97. The van der Waals surface area contributed by atoms with E-state index >= 15 is 0 Å². The molecule has 6 amide bonds. The van der Waals surface area contributed by atoms with Crippen molar-refractivity contribution in [3.63, 3.8) is 0 Å². The maximum Gasteiger partial charge on any atom is 0.413 e. The van der Waals surface area contributed by atoms with Gasteiger partial charge in [0.25, 0.3) is 17.7 Å². The van der Waals surface area contributed by atoms with Crippen molar-refractivity contribution >= 4 is 138 Å². The van der Waals surface area contributed by atoms with Crippen LogP contribution in [0.3, 0.4) is 0 Å². The summed E-state index contributed by atoms with van der Waals surface area (Å²) in [6.07, 6.45) is 0.352. The van der Waals surface area contributed by atoms with E-state index in [-0.39, 0.29) is 45.8 Å². The molecule has 8 aromatic rings. The van der Waals surface area contributed by atoms with E-state index in [0.29, 0.717) is 93.8 Å². The first-order valence-corrected chi connectivity index (χ1v) is 32.9. The average Bonchev–Trinajstić information content (AvgIpc) is 4.56. The number of anilines is 1. The van der Waals surface area contributed by atoms with Gasteiger partial charge in [-0.05, 0) is 56.2 Å². The van der Waals surface area contributed by atoms with E-state index in [2.05, 4.69) is 59.5 Å². The number of aliphatic carboxylic acids is 1. The number of carboxylic acids is 1. The molecule has 10 rings (SSSR count). The zero-order chi connectivity index (χ0) is 60.1. The molecule has 0 saturated heterocycles. The van der Waals surface area contributed by atoms with E-state index in [4.69, 9.17) is 39.4 Å². The molecule has 4 atom stereocenters. The van der Waals surface area contributed by atoms with Gasteiger partial charge in [0.05, 0.1) is 58.1 Å². The van der Waals surface area contributed by atoms with Gasteiger partial charge in [-0.15, -0.1) is 68.0 Å². The van der Waals surface area contributed by atoms with Gasteiger partial charge in [0.1, 0.15) is 76.1 Å². The Kier molecular flexibility index (Phi) is 19.5. The number of hydrogen-bond acceptors (Lipinski definition) is 22. The normalized spacial score (nSPS) is 19.0. The Labute approximate surface area is 523 Å². The number of benzene rings is 1. The molecule has 23 nitrogen and oxygen atoms in total. The highest BCUT2D eigenvalue weighted by Gasteiger charge is 2.34. The summed E-state index contributed by atoms with van der Waals surface area (Å²) >= 11 is 9.70. The van der Waals surface area contributed by atoms with Crippen molar-refractivity contribution in [1.82, 2.24) is 61.5 Å². The number of methoxy groups -OCH3 is 1. The molecule has 7 aromatic heterocycles. The Morgan fingerprint density at radius 3 is 2.15 bits per heavy atom. The van der Waals surface area contributed by atoms with Crippen molar-refractivity contribution in [3.05, 3.63) is 111 Å². The number of aryl methyl sites for hydroxylation is 1. The minimum atomic E-state index is -0.982. The van der Waals surface area contributed by atoms with Crippen LogP contribution >= 0.6 is 90.6 Å². The van der Waals surface area contributed by atoms with Gasteiger partial charge in [-0.2, -0.15) is 0 Å². The number of thiazole rings is 6. The Bertz CT molecular complexity index is 3800. The van der Waals surface area contributed by atoms with Crippen LogP contribution in [0.15, 0.2) is 64.0 Å². The van der Waals surface area contributed by atoms with Crippen molar-refractivity contribution in [2.75, 3.05) is 26.0 Å². The van der Waals surface area contributed by atoms with Gasteiger partial charge in [-0.25, -0.2) is 39.7 Å². The number of rotatable bonds is 11. The highest BCUT2D eigenvalue weighted by molar-refractivity contribution is 14.1. The molecular weight excluding hydrogens is 1320 g/mol. The predicted octanol–water partition coefficient (Wildman–Crippen LogP) is 9.95. The summed E-state index contributed by atoms with van der Waals surface area (Å²) in [6, 6.07) is 10.8. The fourth-order valence-electron chi connectivity index (χ4n) is 9.33. The standard InChI is InChI=1S/C55H54IN13O10S6/c1-24(2)40-53-69-43(35(85-53)19-78-5)46(73)58-18-38(71)66-44(39(56)26-9-7-6-8-10-26)52-63-34(22-82-52)50-61-32(20-81-50)42-29(15-16-30(59-42)49-64-36(23-83-49)65-55(77)79-28-13-11-27(12-14-28)54(75)76)48-62-33(21-80-48)45(72)60-31(17-37(70)57-4)51-68-41(25(3)84-51)47(74)67-40/h6-10,15-16,20-24,27-28,31,39-40,44H,11-14,17-19H2,1-5H3,(H,57,70)(H,58,73)(H,60,72)(H,65,77)(H,66,71)(H,67,74)(H,75,76)/t27?,28?,31-,39-,40-,44-/m0/s1. The van der Waals surface area contributed by atoms with E-state index in [1.165, 1.54) is 70.8 Å². The summed E-state index contributed by atoms with van der Waals surface area (Å²) in [6.45, 7) is 5.13. The number of aromatic nitrogens is 7. The first kappa shape index (κ1) is 61.0. The van der Waals surface area contributed by atoms with Crippen molar-refractivity contribution in [1.29, 1.82) is 0 Å². The lowest BCUT2D eigenvalue weighted by molar-refractivity contribution is -0.143. The number of halogens is 1. The lowest BCUT2D eigenvalue weighted by atomic mass is 9.87. The molecule has 1 aromatic carbocycles. The molecule has 7 N–H and O–H groups in total. The molecule has 30 heteroatoms. The second-order valence-electron chi connectivity index (χ2n) is 20.0. The Balaban J connectivity index is 1.02. The monoisotopic (exact) mass is 1380 g/mol. The minimum Gasteiger partial charge on any atom is -0.481 e. The predicted molar refractivity (Wildman–Crippen MR) is 332 cm³/mol. The van der Waals surface area contributed by atoms with E-state index in [1.807, 2.05) is 54.9 Å². The third kappa shape index (κ3) is 14.3. The number of carbonyl (C=O) groups excluding carboxylic acids is 6. The molecule has 85 heavy (non-hydrogen) atoms. The molecule has 0 spiro atoms. The molecule has 1 saturated carbocycles. The lowest BCUT2D eigenvalue weighted by Crippen LogP contribution is -2.40. The number of hydrogen-bond donors (Lipinski definition) is 7. The molecule has 1 fully saturated rings. The number of ether oxygens (including phenoxy) is 2. The van der Waals surface area contributed by atoms with Crippen LogP contribution in [0.5, 0.6) is 0 Å². The fourth-order valence-corrected chi connectivity index (χ4v) is 16.0. The quantitative estimate of drug-likeness (QED) is 0.0468. The SMILES string of the molecule is CNC(=O)C[C@@H]1NC(=O)c2csc(n2)-c2ccc(-c3nc(NC(=O)OC4CCC(C(=O)O)CC4)cs3)nc2-c2csc(n2)-c2csc(n2)[C@H]([C@@H](I)c2ccccc2)NC(=O)CNC(=O)c2nc(sc2COC)[C@H](C(C)C)NC(=O)c2nc1sc2C. The minimum absolute atomic E-state index is 0.0300. The third-order valence-corrected chi connectivity index (χ3v) is 20.9. The number of pyridine rings is 1. The molecule has 442 valence electrons. The highest BCUT2D eigenvalue weighted by Crippen LogP contribution is 2.42. The van der Waals surface area contributed by atoms with Gasteiger partial charge in [0.2, 0.25) is 11.8 Å². The van der Waals surface area contributed by atoms with E-state index in [0.717, 1.165) is 16.9 Å². The van der Waals surface area contributed by atoms with Gasteiger partial charge in [0.15, 0.2) is 0 Å². The molecular formula is C55H54IN13O10S6. The van der Waals surface area contributed by atoms with Crippen LogP contribution in [-0.4, -0.2) is 108 Å². The number of fused-ring (bicyclic) bond motifs is 14. The van der Waals surface area contributed by atoms with Crippen molar-refractivity contribution < 1.29 is 48.1 Å². The number of carboxylic acid groups (broad SMARTS) is 1. The molecule has 0 radical (unpaired) electrons. The highest BCUT2D eigenvalue weighted by atomic mass is 127. The van der Waals surface area contributed by atoms with Gasteiger partial charge in [-0.1, -0.05) is 66.8 Å².